The Morgan fingerprint density at radius 1 is 1.43 bits per heavy atom. The lowest BCUT2D eigenvalue weighted by Gasteiger charge is -2.05. The maximum atomic E-state index is 5.90. The van der Waals surface area contributed by atoms with Gasteiger partial charge in [-0.3, -0.25) is 0 Å². The Morgan fingerprint density at radius 3 is 2.86 bits per heavy atom. The van der Waals surface area contributed by atoms with Crippen molar-refractivity contribution in [3.05, 3.63) is 33.3 Å². The number of benzene rings is 1. The minimum absolute atomic E-state index is 0.766. The standard InChI is InChI=1S/C11H15BrClN/c1-2-3-6-14-8-9-4-5-11(13)10(12)7-9/h4-5,7,14H,2-3,6,8H2,1H3. The molecule has 1 nitrogen and oxygen atoms in total. The van der Waals surface area contributed by atoms with Crippen LogP contribution in [-0.4, -0.2) is 6.54 Å². The highest BCUT2D eigenvalue weighted by Crippen LogP contribution is 2.22. The highest BCUT2D eigenvalue weighted by atomic mass is 79.9. The summed E-state index contributed by atoms with van der Waals surface area (Å²) in [7, 11) is 0. The summed E-state index contributed by atoms with van der Waals surface area (Å²) in [6, 6.07) is 6.02. The van der Waals surface area contributed by atoms with E-state index in [9.17, 15) is 0 Å². The molecule has 1 rings (SSSR count). The molecule has 0 saturated heterocycles. The molecule has 0 heterocycles. The second-order valence-electron chi connectivity index (χ2n) is 3.28. The molecule has 0 aliphatic carbocycles. The Hall–Kier alpha value is -0.0500. The van der Waals surface area contributed by atoms with Gasteiger partial charge < -0.3 is 5.32 Å². The number of nitrogens with one attached hydrogen (secondary N) is 1. The number of hydrogen-bond acceptors (Lipinski definition) is 1. The first kappa shape index (κ1) is 12.0. The Balaban J connectivity index is 2.39. The van der Waals surface area contributed by atoms with Gasteiger partial charge in [0.2, 0.25) is 0 Å². The van der Waals surface area contributed by atoms with Crippen molar-refractivity contribution >= 4 is 27.5 Å². The fourth-order valence-corrected chi connectivity index (χ4v) is 1.73. The van der Waals surface area contributed by atoms with Crippen LogP contribution in [0.5, 0.6) is 0 Å². The van der Waals surface area contributed by atoms with Crippen LogP contribution in [-0.2, 0) is 6.54 Å². The van der Waals surface area contributed by atoms with Crippen LogP contribution in [0.25, 0.3) is 0 Å². The van der Waals surface area contributed by atoms with Crippen LogP contribution in [0.2, 0.25) is 5.02 Å². The largest absolute Gasteiger partial charge is 0.313 e. The van der Waals surface area contributed by atoms with Gasteiger partial charge in [-0.25, -0.2) is 0 Å². The molecule has 1 aromatic carbocycles. The van der Waals surface area contributed by atoms with Gasteiger partial charge >= 0.3 is 0 Å². The number of rotatable bonds is 5. The average molecular weight is 277 g/mol. The highest BCUT2D eigenvalue weighted by Gasteiger charge is 1.98. The molecule has 3 heteroatoms. The SMILES string of the molecule is CCCCNCc1ccc(Cl)c(Br)c1. The van der Waals surface area contributed by atoms with Crippen LogP contribution in [0.3, 0.4) is 0 Å². The van der Waals surface area contributed by atoms with E-state index >= 15 is 0 Å². The molecular weight excluding hydrogens is 261 g/mol. The second kappa shape index (κ2) is 6.44. The molecule has 0 radical (unpaired) electrons. The van der Waals surface area contributed by atoms with Crippen molar-refractivity contribution < 1.29 is 0 Å². The zero-order valence-corrected chi connectivity index (χ0v) is 10.7. The van der Waals surface area contributed by atoms with E-state index in [1.165, 1.54) is 18.4 Å². The topological polar surface area (TPSA) is 12.0 Å². The number of hydrogen-bond donors (Lipinski definition) is 1. The van der Waals surface area contributed by atoms with Gasteiger partial charge in [0.05, 0.1) is 5.02 Å². The van der Waals surface area contributed by atoms with Crippen LogP contribution >= 0.6 is 27.5 Å². The first-order chi connectivity index (χ1) is 6.74. The van der Waals surface area contributed by atoms with Crippen molar-refractivity contribution in [1.82, 2.24) is 5.32 Å². The minimum atomic E-state index is 0.766. The van der Waals surface area contributed by atoms with Gasteiger partial charge in [0.25, 0.3) is 0 Å². The lowest BCUT2D eigenvalue weighted by molar-refractivity contribution is 0.641. The fourth-order valence-electron chi connectivity index (χ4n) is 1.18. The van der Waals surface area contributed by atoms with Crippen molar-refractivity contribution in [2.24, 2.45) is 0 Å². The molecule has 14 heavy (non-hydrogen) atoms. The van der Waals surface area contributed by atoms with Gasteiger partial charge in [0, 0.05) is 11.0 Å². The third kappa shape index (κ3) is 3.99. The zero-order chi connectivity index (χ0) is 10.4. The Kier molecular flexibility index (Phi) is 5.53. The molecule has 0 fully saturated rings. The van der Waals surface area contributed by atoms with Crippen molar-refractivity contribution in [1.29, 1.82) is 0 Å². The van der Waals surface area contributed by atoms with Crippen LogP contribution < -0.4 is 5.32 Å². The summed E-state index contributed by atoms with van der Waals surface area (Å²) in [5.41, 5.74) is 1.26. The lowest BCUT2D eigenvalue weighted by atomic mass is 10.2. The molecule has 78 valence electrons. The van der Waals surface area contributed by atoms with Crippen LogP contribution in [0.15, 0.2) is 22.7 Å². The summed E-state index contributed by atoms with van der Waals surface area (Å²) >= 11 is 9.31. The highest BCUT2D eigenvalue weighted by molar-refractivity contribution is 9.10. The molecule has 0 spiro atoms. The summed E-state index contributed by atoms with van der Waals surface area (Å²) in [6.07, 6.45) is 2.46. The normalized spacial score (nSPS) is 10.5. The van der Waals surface area contributed by atoms with E-state index in [2.05, 4.69) is 34.2 Å². The Labute approximate surface area is 99.0 Å². The molecule has 1 N–H and O–H groups in total. The second-order valence-corrected chi connectivity index (χ2v) is 4.54. The van der Waals surface area contributed by atoms with Gasteiger partial charge in [0.15, 0.2) is 0 Å². The van der Waals surface area contributed by atoms with Crippen molar-refractivity contribution in [2.45, 2.75) is 26.3 Å². The fraction of sp³-hybridized carbons (Fsp3) is 0.455. The molecule has 0 bridgehead atoms. The van der Waals surface area contributed by atoms with E-state index < -0.39 is 0 Å². The number of unbranched alkanes of at least 4 members (excludes halogenated alkanes) is 1. The summed E-state index contributed by atoms with van der Waals surface area (Å²) < 4.78 is 0.967. The third-order valence-electron chi connectivity index (χ3n) is 2.02. The maximum absolute atomic E-state index is 5.90. The third-order valence-corrected chi connectivity index (χ3v) is 3.23. The van der Waals surface area contributed by atoms with Crippen LogP contribution in [0, 0.1) is 0 Å². The van der Waals surface area contributed by atoms with E-state index in [1.807, 2.05) is 12.1 Å². The molecular formula is C11H15BrClN. The van der Waals surface area contributed by atoms with E-state index in [0.29, 0.717) is 0 Å². The van der Waals surface area contributed by atoms with Gasteiger partial charge in [0.1, 0.15) is 0 Å². The molecule has 0 amide bonds. The molecule has 0 aliphatic heterocycles. The van der Waals surface area contributed by atoms with E-state index in [1.54, 1.807) is 0 Å². The van der Waals surface area contributed by atoms with E-state index in [4.69, 9.17) is 11.6 Å². The predicted octanol–water partition coefficient (Wildman–Crippen LogP) is 3.99. The van der Waals surface area contributed by atoms with Gasteiger partial charge in [-0.1, -0.05) is 31.0 Å². The van der Waals surface area contributed by atoms with Gasteiger partial charge in [-0.15, -0.1) is 0 Å². The lowest BCUT2D eigenvalue weighted by Crippen LogP contribution is -2.14. The smallest absolute Gasteiger partial charge is 0.0548 e. The molecule has 0 aromatic heterocycles. The predicted molar refractivity (Wildman–Crippen MR) is 65.8 cm³/mol. The van der Waals surface area contributed by atoms with Gasteiger partial charge in [-0.05, 0) is 46.6 Å². The Morgan fingerprint density at radius 2 is 2.21 bits per heavy atom. The summed E-state index contributed by atoms with van der Waals surface area (Å²) in [6.45, 7) is 4.19. The minimum Gasteiger partial charge on any atom is -0.313 e. The van der Waals surface area contributed by atoms with Gasteiger partial charge in [-0.2, -0.15) is 0 Å². The molecule has 0 atom stereocenters. The monoisotopic (exact) mass is 275 g/mol. The van der Waals surface area contributed by atoms with E-state index in [-0.39, 0.29) is 0 Å². The summed E-state index contributed by atoms with van der Waals surface area (Å²) in [4.78, 5) is 0. The van der Waals surface area contributed by atoms with Crippen molar-refractivity contribution in [3.8, 4) is 0 Å². The van der Waals surface area contributed by atoms with Crippen LogP contribution in [0.1, 0.15) is 25.3 Å². The van der Waals surface area contributed by atoms with E-state index in [0.717, 1.165) is 22.6 Å². The summed E-state index contributed by atoms with van der Waals surface area (Å²) in [5.74, 6) is 0. The molecule has 0 saturated carbocycles. The average Bonchev–Trinajstić information content (AvgIpc) is 2.18. The first-order valence-corrected chi connectivity index (χ1v) is 6.05. The molecule has 1 aromatic rings. The molecule has 0 aliphatic rings. The van der Waals surface area contributed by atoms with Crippen LogP contribution in [0.4, 0.5) is 0 Å². The zero-order valence-electron chi connectivity index (χ0n) is 8.32. The summed E-state index contributed by atoms with van der Waals surface area (Å²) in [5, 5.41) is 4.15. The maximum Gasteiger partial charge on any atom is 0.0548 e. The Bertz CT molecular complexity index is 289. The number of halogens is 2. The van der Waals surface area contributed by atoms with Crippen molar-refractivity contribution in [2.75, 3.05) is 6.54 Å². The molecule has 0 unspecified atom stereocenters. The first-order valence-electron chi connectivity index (χ1n) is 4.88. The van der Waals surface area contributed by atoms with Crippen molar-refractivity contribution in [3.63, 3.8) is 0 Å². The quantitative estimate of drug-likeness (QED) is 0.802.